The predicted octanol–water partition coefficient (Wildman–Crippen LogP) is 20.1. The molecule has 0 atom stereocenters. The second kappa shape index (κ2) is 18.5. The summed E-state index contributed by atoms with van der Waals surface area (Å²) in [4.78, 5) is 16.0. The molecular weight excluding hydrogens is 977 g/mol. The van der Waals surface area contributed by atoms with Crippen LogP contribution in [0.2, 0.25) is 0 Å². The Morgan fingerprint density at radius 1 is 0.325 bits per heavy atom. The van der Waals surface area contributed by atoms with Crippen LogP contribution in [0.5, 0.6) is 0 Å². The maximum Gasteiger partial charge on any atom is 0.238 e. The summed E-state index contributed by atoms with van der Waals surface area (Å²) in [5.74, 6) is 1.62. The first kappa shape index (κ1) is 47.1. The van der Waals surface area contributed by atoms with Crippen molar-refractivity contribution in [1.82, 2.24) is 19.5 Å². The van der Waals surface area contributed by atoms with Crippen LogP contribution in [-0.2, 0) is 5.41 Å². The summed E-state index contributed by atoms with van der Waals surface area (Å²) in [6, 6.07) is 86.3. The van der Waals surface area contributed by atoms with Gasteiger partial charge in [0.25, 0.3) is 0 Å². The summed E-state index contributed by atoms with van der Waals surface area (Å²) in [5.41, 5.74) is 21.2. The highest BCUT2D eigenvalue weighted by Gasteiger charge is 2.35. The van der Waals surface area contributed by atoms with Gasteiger partial charge in [-0.1, -0.05) is 216 Å². The lowest BCUT2D eigenvalue weighted by molar-refractivity contribution is 0.660. The van der Waals surface area contributed by atoms with Gasteiger partial charge in [-0.05, 0) is 110 Å². The molecule has 6 nitrogen and oxygen atoms in total. The molecule has 4 aromatic heterocycles. The van der Waals surface area contributed by atoms with Gasteiger partial charge in [-0.3, -0.25) is 4.57 Å². The first-order chi connectivity index (χ1) is 39.4. The Morgan fingerprint density at radius 2 is 0.850 bits per heavy atom. The van der Waals surface area contributed by atoms with E-state index in [1.54, 1.807) is 0 Å². The fourth-order valence-electron chi connectivity index (χ4n) is 12.5. The van der Waals surface area contributed by atoms with Crippen LogP contribution < -0.4 is 0 Å². The van der Waals surface area contributed by atoms with Crippen molar-refractivity contribution in [1.29, 1.82) is 0 Å². The highest BCUT2D eigenvalue weighted by atomic mass is 16.3. The summed E-state index contributed by atoms with van der Waals surface area (Å²) < 4.78 is 15.3. The summed E-state index contributed by atoms with van der Waals surface area (Å²) >= 11 is 0. The summed E-state index contributed by atoms with van der Waals surface area (Å²) in [6.07, 6.45) is 0. The van der Waals surface area contributed by atoms with Crippen molar-refractivity contribution in [3.8, 4) is 84.4 Å². The molecule has 0 spiro atoms. The molecule has 0 fully saturated rings. The molecule has 0 saturated heterocycles. The number of hydrogen-bond acceptors (Lipinski definition) is 5. The molecule has 4 heterocycles. The molecule has 0 aliphatic heterocycles. The van der Waals surface area contributed by atoms with Gasteiger partial charge in [0.1, 0.15) is 22.3 Å². The average Bonchev–Trinajstić information content (AvgIpc) is 4.34. The Balaban J connectivity index is 0.00000273. The monoisotopic (exact) mass is 1030 g/mol. The van der Waals surface area contributed by atoms with Crippen LogP contribution >= 0.6 is 0 Å². The van der Waals surface area contributed by atoms with Crippen LogP contribution in [0.3, 0.4) is 0 Å². The predicted molar refractivity (Wildman–Crippen MR) is 330 cm³/mol. The van der Waals surface area contributed by atoms with Crippen LogP contribution in [0.4, 0.5) is 0 Å². The molecule has 11 aromatic carbocycles. The zero-order chi connectivity index (χ0) is 53.6. The van der Waals surface area contributed by atoms with Crippen LogP contribution in [0.1, 0.15) is 38.8 Å². The molecule has 380 valence electrons. The number of fused-ring (bicyclic) bond motifs is 12. The van der Waals surface area contributed by atoms with E-state index in [1.165, 1.54) is 33.4 Å². The van der Waals surface area contributed by atoms with Crippen molar-refractivity contribution >= 4 is 65.7 Å². The van der Waals surface area contributed by atoms with Crippen LogP contribution in [0.15, 0.2) is 251 Å². The highest BCUT2D eigenvalue weighted by molar-refractivity contribution is 6.16. The van der Waals surface area contributed by atoms with E-state index in [-0.39, 0.29) is 5.41 Å². The Kier molecular flexibility index (Phi) is 10.9. The zero-order valence-electron chi connectivity index (χ0n) is 44.7. The molecule has 15 aromatic rings. The minimum absolute atomic E-state index is 0.0861. The lowest BCUT2D eigenvalue weighted by Gasteiger charge is -2.22. The fraction of sp³-hybridized carbons (Fsp3) is 0.0676. The summed E-state index contributed by atoms with van der Waals surface area (Å²) in [7, 11) is 0. The van der Waals surface area contributed by atoms with Crippen molar-refractivity contribution in [2.45, 2.75) is 33.1 Å². The van der Waals surface area contributed by atoms with Gasteiger partial charge < -0.3 is 8.83 Å². The molecule has 80 heavy (non-hydrogen) atoms. The van der Waals surface area contributed by atoms with Crippen molar-refractivity contribution in [2.75, 3.05) is 0 Å². The van der Waals surface area contributed by atoms with Gasteiger partial charge in [0.2, 0.25) is 5.95 Å². The van der Waals surface area contributed by atoms with Gasteiger partial charge in [-0.25, -0.2) is 4.98 Å². The normalized spacial score (nSPS) is 12.6. The molecule has 0 amide bonds. The SMILES string of the molecule is CC.CC1(C)c2ccccc2-c2ccc(-c3cccc(-c4cccc(-c5cccc6c7cc(-c8cccc9c8oc8ccccc89)ccc7n(-c7nc(-c8ccccc8)nc(-c8ccc9c(c8)oc8ccccc89)n7)c56)c4)c3)cc21. The first-order valence-electron chi connectivity index (χ1n) is 27.6. The molecular formula is C74H52N4O2. The Bertz CT molecular complexity index is 4960. The minimum atomic E-state index is -0.0861. The number of rotatable bonds is 7. The number of nitrogens with zero attached hydrogens (tertiary/aromatic N) is 4. The molecule has 0 N–H and O–H groups in total. The standard InChI is InChI=1S/C72H46N4O2.C2H6/c1-72(2)61-29-9-6-22-53(61)54-35-32-47(41-62(54)72)45-19-12-18-44(38-45)46-20-13-21-48(39-46)51-25-14-27-58-60-40-49(52-26-15-28-59-56-24-8-11-31-65(56)78-68(52)59)34-37-63(60)76(67(51)58)71-74-69(43-16-4-3-5-17-43)73-70(75-71)50-33-36-57-55-23-7-10-30-64(55)77-66(57)42-50;1-2/h3-42H,1-2H3;1-2H3. The third-order valence-electron chi connectivity index (χ3n) is 16.3. The number of benzene rings is 11. The lowest BCUT2D eigenvalue weighted by atomic mass is 9.81. The third kappa shape index (κ3) is 7.44. The number of para-hydroxylation sites is 4. The van der Waals surface area contributed by atoms with Crippen LogP contribution in [-0.4, -0.2) is 19.5 Å². The Morgan fingerprint density at radius 3 is 1.64 bits per heavy atom. The largest absolute Gasteiger partial charge is 0.456 e. The molecule has 1 aliphatic carbocycles. The van der Waals surface area contributed by atoms with E-state index in [9.17, 15) is 0 Å². The van der Waals surface area contributed by atoms with E-state index in [1.807, 2.05) is 62.4 Å². The van der Waals surface area contributed by atoms with Crippen molar-refractivity contribution in [3.05, 3.63) is 254 Å². The molecule has 0 bridgehead atoms. The third-order valence-corrected chi connectivity index (χ3v) is 16.3. The van der Waals surface area contributed by atoms with E-state index < -0.39 is 0 Å². The molecule has 0 unspecified atom stereocenters. The van der Waals surface area contributed by atoms with E-state index in [4.69, 9.17) is 23.8 Å². The van der Waals surface area contributed by atoms with Crippen molar-refractivity contribution in [3.63, 3.8) is 0 Å². The van der Waals surface area contributed by atoms with Crippen LogP contribution in [0, 0.1) is 0 Å². The lowest BCUT2D eigenvalue weighted by Crippen LogP contribution is -2.14. The molecule has 0 radical (unpaired) electrons. The molecule has 6 heteroatoms. The molecule has 16 rings (SSSR count). The smallest absolute Gasteiger partial charge is 0.238 e. The van der Waals surface area contributed by atoms with Crippen molar-refractivity contribution in [2.24, 2.45) is 0 Å². The number of furan rings is 2. The van der Waals surface area contributed by atoms with Gasteiger partial charge in [-0.2, -0.15) is 9.97 Å². The Hall–Kier alpha value is -10.2. The van der Waals surface area contributed by atoms with Crippen LogP contribution in [0.25, 0.3) is 150 Å². The fourth-order valence-corrected chi connectivity index (χ4v) is 12.5. The maximum absolute atomic E-state index is 6.62. The van der Waals surface area contributed by atoms with Gasteiger partial charge in [0.15, 0.2) is 11.6 Å². The summed E-state index contributed by atoms with van der Waals surface area (Å²) in [5, 5.41) is 6.44. The van der Waals surface area contributed by atoms with E-state index in [2.05, 4.69) is 213 Å². The molecule has 0 saturated carbocycles. The van der Waals surface area contributed by atoms with Gasteiger partial charge in [0, 0.05) is 60.0 Å². The average molecular weight is 1030 g/mol. The summed E-state index contributed by atoms with van der Waals surface area (Å²) in [6.45, 7) is 8.69. The number of aromatic nitrogens is 4. The van der Waals surface area contributed by atoms with Gasteiger partial charge in [-0.15, -0.1) is 0 Å². The highest BCUT2D eigenvalue weighted by Crippen LogP contribution is 2.50. The number of hydrogen-bond donors (Lipinski definition) is 0. The van der Waals surface area contributed by atoms with E-state index >= 15 is 0 Å². The minimum Gasteiger partial charge on any atom is -0.456 e. The quantitative estimate of drug-likeness (QED) is 0.159. The van der Waals surface area contributed by atoms with E-state index in [0.717, 1.165) is 110 Å². The zero-order valence-corrected chi connectivity index (χ0v) is 44.7. The van der Waals surface area contributed by atoms with Gasteiger partial charge >= 0.3 is 0 Å². The topological polar surface area (TPSA) is 69.9 Å². The second-order valence-corrected chi connectivity index (χ2v) is 21.1. The van der Waals surface area contributed by atoms with Crippen molar-refractivity contribution < 1.29 is 8.83 Å². The molecule has 1 aliphatic rings. The maximum atomic E-state index is 6.62. The van der Waals surface area contributed by atoms with Gasteiger partial charge in [0.05, 0.1) is 11.0 Å². The first-order valence-corrected chi connectivity index (χ1v) is 27.6. The Labute approximate surface area is 462 Å². The second-order valence-electron chi connectivity index (χ2n) is 21.1. The van der Waals surface area contributed by atoms with E-state index in [0.29, 0.717) is 17.6 Å².